The average Bonchev–Trinajstić information content (AvgIpc) is 2.86. The van der Waals surface area contributed by atoms with Crippen molar-refractivity contribution in [1.29, 1.82) is 0 Å². The molecule has 2 heteroatoms. The van der Waals surface area contributed by atoms with E-state index in [9.17, 15) is 4.79 Å². The van der Waals surface area contributed by atoms with E-state index in [1.165, 1.54) is 5.56 Å². The molecule has 0 bridgehead atoms. The summed E-state index contributed by atoms with van der Waals surface area (Å²) in [6, 6.07) is 15.3. The van der Waals surface area contributed by atoms with Crippen LogP contribution in [0.3, 0.4) is 0 Å². The van der Waals surface area contributed by atoms with Crippen molar-refractivity contribution in [2.24, 2.45) is 0 Å². The van der Waals surface area contributed by atoms with Gasteiger partial charge in [0.2, 0.25) is 5.78 Å². The van der Waals surface area contributed by atoms with Gasteiger partial charge in [0, 0.05) is 5.56 Å². The van der Waals surface area contributed by atoms with Crippen molar-refractivity contribution < 1.29 is 9.21 Å². The van der Waals surface area contributed by atoms with Crippen molar-refractivity contribution >= 4 is 16.6 Å². The maximum absolute atomic E-state index is 12.5. The first-order valence-corrected chi connectivity index (χ1v) is 6.26. The first kappa shape index (κ1) is 11.7. The van der Waals surface area contributed by atoms with E-state index in [2.05, 4.69) is 0 Å². The molecule has 0 N–H and O–H groups in total. The summed E-state index contributed by atoms with van der Waals surface area (Å²) in [5, 5.41) is 2.08. The second-order valence-corrected chi connectivity index (χ2v) is 4.72. The van der Waals surface area contributed by atoms with Gasteiger partial charge >= 0.3 is 0 Å². The molecule has 0 radical (unpaired) electrons. The minimum atomic E-state index is -0.0655. The van der Waals surface area contributed by atoms with Gasteiger partial charge in [0.25, 0.3) is 0 Å². The minimum absolute atomic E-state index is 0.0655. The molecule has 2 aromatic carbocycles. The van der Waals surface area contributed by atoms with Crippen molar-refractivity contribution in [2.75, 3.05) is 0 Å². The molecule has 3 rings (SSSR count). The molecule has 0 spiro atoms. The van der Waals surface area contributed by atoms with Gasteiger partial charge in [-0.15, -0.1) is 0 Å². The highest BCUT2D eigenvalue weighted by Crippen LogP contribution is 2.25. The van der Waals surface area contributed by atoms with Gasteiger partial charge < -0.3 is 4.42 Å². The van der Waals surface area contributed by atoms with E-state index in [0.717, 1.165) is 16.5 Å². The largest absolute Gasteiger partial charge is 0.458 e. The number of rotatable bonds is 2. The molecule has 0 saturated carbocycles. The number of benzene rings is 2. The van der Waals surface area contributed by atoms with Gasteiger partial charge in [0.1, 0.15) is 5.76 Å². The van der Waals surface area contributed by atoms with E-state index < -0.39 is 0 Å². The van der Waals surface area contributed by atoms with Crippen LogP contribution >= 0.6 is 0 Å². The highest BCUT2D eigenvalue weighted by Gasteiger charge is 2.16. The second-order valence-electron chi connectivity index (χ2n) is 4.72. The Morgan fingerprint density at radius 3 is 2.32 bits per heavy atom. The molecule has 0 saturated heterocycles. The lowest BCUT2D eigenvalue weighted by Gasteiger charge is -2.06. The van der Waals surface area contributed by atoms with Crippen LogP contribution in [0.25, 0.3) is 10.8 Å². The van der Waals surface area contributed by atoms with Crippen molar-refractivity contribution in [3.63, 3.8) is 0 Å². The van der Waals surface area contributed by atoms with Crippen LogP contribution in [-0.4, -0.2) is 5.78 Å². The van der Waals surface area contributed by atoms with Crippen LogP contribution < -0.4 is 0 Å². The lowest BCUT2D eigenvalue weighted by atomic mass is 9.97. The normalized spacial score (nSPS) is 10.8. The Hall–Kier alpha value is -2.35. The van der Waals surface area contributed by atoms with Gasteiger partial charge in [-0.3, -0.25) is 4.79 Å². The van der Waals surface area contributed by atoms with Gasteiger partial charge in [-0.05, 0) is 42.3 Å². The lowest BCUT2D eigenvalue weighted by Crippen LogP contribution is -2.01. The molecule has 1 aromatic heterocycles. The van der Waals surface area contributed by atoms with E-state index in [1.807, 2.05) is 56.3 Å². The van der Waals surface area contributed by atoms with Gasteiger partial charge in [-0.25, -0.2) is 0 Å². The van der Waals surface area contributed by atoms with Gasteiger partial charge in [0.05, 0.1) is 0 Å². The number of fused-ring (bicyclic) bond motifs is 1. The number of carbonyl (C=O) groups excluding carboxylic acids is 1. The summed E-state index contributed by atoms with van der Waals surface area (Å²) >= 11 is 0. The third-order valence-corrected chi connectivity index (χ3v) is 3.35. The van der Waals surface area contributed by atoms with Gasteiger partial charge in [-0.1, -0.05) is 36.4 Å². The van der Waals surface area contributed by atoms with Crippen LogP contribution in [0, 0.1) is 13.8 Å². The molecular weight excluding hydrogens is 236 g/mol. The summed E-state index contributed by atoms with van der Waals surface area (Å²) in [6.45, 7) is 3.89. The number of carbonyl (C=O) groups is 1. The number of aryl methyl sites for hydroxylation is 2. The Balaban J connectivity index is 2.21. The SMILES string of the molecule is Cc1ccc(C(=O)c2ccc(C)c3ccccc23)o1. The molecule has 94 valence electrons. The second kappa shape index (κ2) is 4.39. The molecule has 2 nitrogen and oxygen atoms in total. The maximum atomic E-state index is 12.5. The Kier molecular flexibility index (Phi) is 2.71. The van der Waals surface area contributed by atoms with Gasteiger partial charge in [-0.2, -0.15) is 0 Å². The first-order chi connectivity index (χ1) is 9.16. The van der Waals surface area contributed by atoms with Crippen LogP contribution in [0.5, 0.6) is 0 Å². The Morgan fingerprint density at radius 1 is 0.895 bits per heavy atom. The molecule has 0 atom stereocenters. The molecule has 0 unspecified atom stereocenters. The molecule has 1 heterocycles. The summed E-state index contributed by atoms with van der Waals surface area (Å²) in [7, 11) is 0. The average molecular weight is 250 g/mol. The zero-order chi connectivity index (χ0) is 13.4. The number of furan rings is 1. The zero-order valence-corrected chi connectivity index (χ0v) is 10.9. The monoisotopic (exact) mass is 250 g/mol. The molecule has 0 aliphatic carbocycles. The van der Waals surface area contributed by atoms with E-state index in [-0.39, 0.29) is 5.78 Å². The highest BCUT2D eigenvalue weighted by atomic mass is 16.3. The van der Waals surface area contributed by atoms with Crippen molar-refractivity contribution in [3.05, 3.63) is 71.2 Å². The van der Waals surface area contributed by atoms with Crippen molar-refractivity contribution in [3.8, 4) is 0 Å². The van der Waals surface area contributed by atoms with Crippen LogP contribution in [0.15, 0.2) is 52.9 Å². The number of hydrogen-bond donors (Lipinski definition) is 0. The lowest BCUT2D eigenvalue weighted by molar-refractivity contribution is 0.101. The predicted molar refractivity (Wildman–Crippen MR) is 75.6 cm³/mol. The number of ketones is 1. The molecule has 0 amide bonds. The predicted octanol–water partition coefficient (Wildman–Crippen LogP) is 4.28. The molecule has 3 aromatic rings. The van der Waals surface area contributed by atoms with Crippen LogP contribution in [0.2, 0.25) is 0 Å². The fraction of sp³-hybridized carbons (Fsp3) is 0.118. The smallest absolute Gasteiger partial charge is 0.228 e. The summed E-state index contributed by atoms with van der Waals surface area (Å²) < 4.78 is 5.43. The van der Waals surface area contributed by atoms with E-state index in [0.29, 0.717) is 11.3 Å². The number of hydrogen-bond acceptors (Lipinski definition) is 2. The van der Waals surface area contributed by atoms with E-state index >= 15 is 0 Å². The van der Waals surface area contributed by atoms with E-state index in [1.54, 1.807) is 6.07 Å². The van der Waals surface area contributed by atoms with Crippen LogP contribution in [0.1, 0.15) is 27.4 Å². The molecule has 0 aliphatic rings. The van der Waals surface area contributed by atoms with E-state index in [4.69, 9.17) is 4.42 Å². The quantitative estimate of drug-likeness (QED) is 0.635. The molecule has 0 aliphatic heterocycles. The highest BCUT2D eigenvalue weighted by molar-refractivity contribution is 6.15. The minimum Gasteiger partial charge on any atom is -0.458 e. The van der Waals surface area contributed by atoms with Crippen LogP contribution in [-0.2, 0) is 0 Å². The fourth-order valence-corrected chi connectivity index (χ4v) is 2.34. The summed E-state index contributed by atoms with van der Waals surface area (Å²) in [4.78, 5) is 12.5. The molecular formula is C17H14O2. The topological polar surface area (TPSA) is 30.2 Å². The molecule has 19 heavy (non-hydrogen) atoms. The molecule has 0 fully saturated rings. The fourth-order valence-electron chi connectivity index (χ4n) is 2.34. The maximum Gasteiger partial charge on any atom is 0.228 e. The van der Waals surface area contributed by atoms with Crippen LogP contribution in [0.4, 0.5) is 0 Å². The Bertz CT molecular complexity index is 766. The van der Waals surface area contributed by atoms with Gasteiger partial charge in [0.15, 0.2) is 5.76 Å². The summed E-state index contributed by atoms with van der Waals surface area (Å²) in [5.74, 6) is 1.08. The third-order valence-electron chi connectivity index (χ3n) is 3.35. The third kappa shape index (κ3) is 1.95. The van der Waals surface area contributed by atoms with Crippen molar-refractivity contribution in [1.82, 2.24) is 0 Å². The zero-order valence-electron chi connectivity index (χ0n) is 10.9. The summed E-state index contributed by atoms with van der Waals surface area (Å²) in [6.07, 6.45) is 0. The standard InChI is InChI=1S/C17H14O2/c1-11-7-9-15(14-6-4-3-5-13(11)14)17(18)16-10-8-12(2)19-16/h3-10H,1-2H3. The van der Waals surface area contributed by atoms with Crippen molar-refractivity contribution in [2.45, 2.75) is 13.8 Å². The Morgan fingerprint density at radius 2 is 1.63 bits per heavy atom. The Labute approximate surface area is 111 Å². The summed E-state index contributed by atoms with van der Waals surface area (Å²) in [5.41, 5.74) is 1.86. The first-order valence-electron chi connectivity index (χ1n) is 6.26.